The van der Waals surface area contributed by atoms with E-state index in [2.05, 4.69) is 5.32 Å². The smallest absolute Gasteiger partial charge is 0.252 e. The lowest BCUT2D eigenvalue weighted by molar-refractivity contribution is 0.0939. The van der Waals surface area contributed by atoms with E-state index in [4.69, 9.17) is 4.42 Å². The predicted molar refractivity (Wildman–Crippen MR) is 80.9 cm³/mol. The molecule has 1 N–H and O–H groups in total. The maximum absolute atomic E-state index is 13.0. The lowest BCUT2D eigenvalue weighted by Crippen LogP contribution is -2.29. The van der Waals surface area contributed by atoms with Crippen LogP contribution >= 0.6 is 0 Å². The highest BCUT2D eigenvalue weighted by atomic mass is 19.1. The van der Waals surface area contributed by atoms with Crippen molar-refractivity contribution in [3.63, 3.8) is 0 Å². The molecule has 0 spiro atoms. The number of carbonyl (C=O) groups is 1. The molecule has 1 heterocycles. The molecule has 0 saturated heterocycles. The Morgan fingerprint density at radius 2 is 1.68 bits per heavy atom. The van der Waals surface area contributed by atoms with Gasteiger partial charge < -0.3 is 9.73 Å². The standard InChI is InChI=1S/C18H14FNO2/c19-15-10-8-14(9-11-15)18(21)20-17(16-7-4-12-22-16)13-5-2-1-3-6-13/h1-12,17H,(H,20,21)/t17-/m0/s1. The molecule has 0 radical (unpaired) electrons. The van der Waals surface area contributed by atoms with Crippen LogP contribution < -0.4 is 5.32 Å². The Balaban J connectivity index is 1.87. The van der Waals surface area contributed by atoms with Crippen molar-refractivity contribution in [3.05, 3.63) is 95.7 Å². The van der Waals surface area contributed by atoms with Gasteiger partial charge in [-0.1, -0.05) is 30.3 Å². The molecule has 3 nitrogen and oxygen atoms in total. The number of benzene rings is 2. The second-order valence-corrected chi connectivity index (χ2v) is 4.84. The fraction of sp³-hybridized carbons (Fsp3) is 0.0556. The number of hydrogen-bond acceptors (Lipinski definition) is 2. The van der Waals surface area contributed by atoms with Gasteiger partial charge in [-0.05, 0) is 42.0 Å². The van der Waals surface area contributed by atoms with Crippen molar-refractivity contribution in [2.75, 3.05) is 0 Å². The van der Waals surface area contributed by atoms with Crippen LogP contribution in [0.3, 0.4) is 0 Å². The summed E-state index contributed by atoms with van der Waals surface area (Å²) in [4.78, 5) is 12.4. The molecule has 0 aliphatic carbocycles. The molecule has 0 fully saturated rings. The second-order valence-electron chi connectivity index (χ2n) is 4.84. The number of halogens is 1. The summed E-state index contributed by atoms with van der Waals surface area (Å²) in [6, 6.07) is 18.2. The third-order valence-corrected chi connectivity index (χ3v) is 3.34. The maximum Gasteiger partial charge on any atom is 0.252 e. The van der Waals surface area contributed by atoms with Crippen molar-refractivity contribution in [2.45, 2.75) is 6.04 Å². The van der Waals surface area contributed by atoms with Crippen LogP contribution in [0.4, 0.5) is 4.39 Å². The largest absolute Gasteiger partial charge is 0.467 e. The van der Waals surface area contributed by atoms with Gasteiger partial charge in [-0.25, -0.2) is 4.39 Å². The van der Waals surface area contributed by atoms with Gasteiger partial charge in [0, 0.05) is 5.56 Å². The minimum atomic E-state index is -0.395. The van der Waals surface area contributed by atoms with Gasteiger partial charge in [0.25, 0.3) is 5.91 Å². The molecule has 110 valence electrons. The molecule has 22 heavy (non-hydrogen) atoms. The SMILES string of the molecule is O=C(N[C@@H](c1ccccc1)c1ccco1)c1ccc(F)cc1. The first-order valence-corrected chi connectivity index (χ1v) is 6.89. The average molecular weight is 295 g/mol. The van der Waals surface area contributed by atoms with Crippen LogP contribution in [0.2, 0.25) is 0 Å². The first-order valence-electron chi connectivity index (χ1n) is 6.89. The van der Waals surface area contributed by atoms with Crippen LogP contribution in [-0.2, 0) is 0 Å². The molecule has 0 bridgehead atoms. The fourth-order valence-corrected chi connectivity index (χ4v) is 2.24. The summed E-state index contributed by atoms with van der Waals surface area (Å²) in [5, 5.41) is 2.92. The zero-order chi connectivity index (χ0) is 15.4. The van der Waals surface area contributed by atoms with E-state index in [-0.39, 0.29) is 11.7 Å². The molecule has 2 aromatic carbocycles. The van der Waals surface area contributed by atoms with Crippen molar-refractivity contribution in [2.24, 2.45) is 0 Å². The summed E-state index contributed by atoms with van der Waals surface area (Å²) in [6.45, 7) is 0. The lowest BCUT2D eigenvalue weighted by atomic mass is 10.0. The van der Waals surface area contributed by atoms with Gasteiger partial charge in [0.15, 0.2) is 0 Å². The number of furan rings is 1. The molecular weight excluding hydrogens is 281 g/mol. The summed E-state index contributed by atoms with van der Waals surface area (Å²) >= 11 is 0. The van der Waals surface area contributed by atoms with Gasteiger partial charge in [0.05, 0.1) is 6.26 Å². The summed E-state index contributed by atoms with van der Waals surface area (Å²) in [5.74, 6) is -0.0193. The molecule has 1 atom stereocenters. The number of rotatable bonds is 4. The zero-order valence-electron chi connectivity index (χ0n) is 11.7. The Hall–Kier alpha value is -2.88. The first kappa shape index (κ1) is 14.1. The monoisotopic (exact) mass is 295 g/mol. The molecule has 1 amide bonds. The van der Waals surface area contributed by atoms with Crippen LogP contribution in [0.25, 0.3) is 0 Å². The predicted octanol–water partition coefficient (Wildman–Crippen LogP) is 3.94. The van der Waals surface area contributed by atoms with E-state index in [0.717, 1.165) is 5.56 Å². The highest BCUT2D eigenvalue weighted by molar-refractivity contribution is 5.94. The third kappa shape index (κ3) is 3.06. The minimum Gasteiger partial charge on any atom is -0.467 e. The zero-order valence-corrected chi connectivity index (χ0v) is 11.7. The van der Waals surface area contributed by atoms with Gasteiger partial charge in [-0.2, -0.15) is 0 Å². The molecule has 0 aliphatic heterocycles. The molecule has 1 aromatic heterocycles. The van der Waals surface area contributed by atoms with E-state index in [0.29, 0.717) is 11.3 Å². The summed E-state index contributed by atoms with van der Waals surface area (Å²) in [7, 11) is 0. The van der Waals surface area contributed by atoms with Crippen molar-refractivity contribution in [3.8, 4) is 0 Å². The Kier molecular flexibility index (Phi) is 4.01. The highest BCUT2D eigenvalue weighted by Gasteiger charge is 2.19. The van der Waals surface area contributed by atoms with Crippen LogP contribution in [-0.4, -0.2) is 5.91 Å². The van der Waals surface area contributed by atoms with E-state index in [1.165, 1.54) is 24.3 Å². The van der Waals surface area contributed by atoms with Crippen LogP contribution in [0.5, 0.6) is 0 Å². The Labute approximate surface area is 127 Å². The third-order valence-electron chi connectivity index (χ3n) is 3.34. The molecule has 4 heteroatoms. The number of nitrogens with one attached hydrogen (secondary N) is 1. The minimum absolute atomic E-state index is 0.287. The molecule has 3 aromatic rings. The summed E-state index contributed by atoms with van der Waals surface area (Å²) in [5.41, 5.74) is 1.31. The van der Waals surface area contributed by atoms with E-state index >= 15 is 0 Å². The van der Waals surface area contributed by atoms with E-state index in [1.807, 2.05) is 36.4 Å². The molecule has 0 saturated carbocycles. The lowest BCUT2D eigenvalue weighted by Gasteiger charge is -2.17. The molecular formula is C18H14FNO2. The summed E-state index contributed by atoms with van der Waals surface area (Å²) in [6.07, 6.45) is 1.56. The maximum atomic E-state index is 13.0. The second kappa shape index (κ2) is 6.26. The van der Waals surface area contributed by atoms with Gasteiger partial charge in [-0.3, -0.25) is 4.79 Å². The highest BCUT2D eigenvalue weighted by Crippen LogP contribution is 2.22. The Bertz CT molecular complexity index is 737. The fourth-order valence-electron chi connectivity index (χ4n) is 2.24. The van der Waals surface area contributed by atoms with E-state index < -0.39 is 6.04 Å². The van der Waals surface area contributed by atoms with Crippen molar-refractivity contribution in [1.82, 2.24) is 5.32 Å². The van der Waals surface area contributed by atoms with E-state index in [9.17, 15) is 9.18 Å². The number of hydrogen-bond donors (Lipinski definition) is 1. The molecule has 3 rings (SSSR count). The quantitative estimate of drug-likeness (QED) is 0.792. The van der Waals surface area contributed by atoms with Gasteiger partial charge in [-0.15, -0.1) is 0 Å². The Morgan fingerprint density at radius 1 is 0.955 bits per heavy atom. The average Bonchev–Trinajstić information content (AvgIpc) is 3.08. The van der Waals surface area contributed by atoms with Crippen LogP contribution in [0, 0.1) is 5.82 Å². The van der Waals surface area contributed by atoms with Gasteiger partial charge in [0.1, 0.15) is 17.6 Å². The van der Waals surface area contributed by atoms with Crippen molar-refractivity contribution in [1.29, 1.82) is 0 Å². The number of amides is 1. The molecule has 0 aliphatic rings. The van der Waals surface area contributed by atoms with Crippen LogP contribution in [0.15, 0.2) is 77.4 Å². The number of carbonyl (C=O) groups excluding carboxylic acids is 1. The summed E-state index contributed by atoms with van der Waals surface area (Å²) < 4.78 is 18.4. The molecule has 0 unspecified atom stereocenters. The van der Waals surface area contributed by atoms with Crippen molar-refractivity contribution < 1.29 is 13.6 Å². The van der Waals surface area contributed by atoms with Crippen molar-refractivity contribution >= 4 is 5.91 Å². The van der Waals surface area contributed by atoms with Gasteiger partial charge in [0.2, 0.25) is 0 Å². The van der Waals surface area contributed by atoms with E-state index in [1.54, 1.807) is 12.3 Å². The normalized spacial score (nSPS) is 11.9. The van der Waals surface area contributed by atoms with Gasteiger partial charge >= 0.3 is 0 Å². The van der Waals surface area contributed by atoms with Crippen LogP contribution in [0.1, 0.15) is 27.7 Å². The first-order chi connectivity index (χ1) is 10.7. The Morgan fingerprint density at radius 3 is 2.32 bits per heavy atom. The topological polar surface area (TPSA) is 42.2 Å².